The van der Waals surface area contributed by atoms with E-state index >= 15 is 0 Å². The van der Waals surface area contributed by atoms with Gasteiger partial charge in [0.2, 0.25) is 0 Å². The molecule has 1 aromatic carbocycles. The lowest BCUT2D eigenvalue weighted by molar-refractivity contribution is 0.0735. The van der Waals surface area contributed by atoms with E-state index in [1.54, 1.807) is 24.1 Å². The van der Waals surface area contributed by atoms with Gasteiger partial charge in [-0.1, -0.05) is 25.1 Å². The van der Waals surface area contributed by atoms with Crippen molar-refractivity contribution in [2.45, 2.75) is 26.3 Å². The molecular weight excluding hydrogens is 296 g/mol. The van der Waals surface area contributed by atoms with Crippen molar-refractivity contribution in [3.8, 4) is 0 Å². The standard InChI is InChI=1S/C17H22N2O2S/c1-4-22-10-9-12(2)19(3)17(21)15-11-13-7-5-6-8-14(13)16(20)18-15/h5-8,11-12H,4,9-10H2,1-3H3,(H,18,20)/t12-/m0/s1. The van der Waals surface area contributed by atoms with Crippen molar-refractivity contribution < 1.29 is 4.79 Å². The normalized spacial score (nSPS) is 12.3. The number of rotatable bonds is 6. The van der Waals surface area contributed by atoms with Gasteiger partial charge in [0.15, 0.2) is 0 Å². The van der Waals surface area contributed by atoms with Crippen LogP contribution in [0.15, 0.2) is 35.1 Å². The first-order valence-electron chi connectivity index (χ1n) is 7.51. The zero-order valence-corrected chi connectivity index (χ0v) is 14.1. The minimum atomic E-state index is -0.218. The molecule has 0 aliphatic rings. The summed E-state index contributed by atoms with van der Waals surface area (Å²) >= 11 is 1.87. The van der Waals surface area contributed by atoms with Gasteiger partial charge in [0.05, 0.1) is 0 Å². The van der Waals surface area contributed by atoms with E-state index in [1.165, 1.54) is 0 Å². The van der Waals surface area contributed by atoms with E-state index in [4.69, 9.17) is 0 Å². The van der Waals surface area contributed by atoms with E-state index in [0.29, 0.717) is 11.1 Å². The number of thioether (sulfide) groups is 1. The monoisotopic (exact) mass is 318 g/mol. The average molecular weight is 318 g/mol. The van der Waals surface area contributed by atoms with Gasteiger partial charge in [0, 0.05) is 18.5 Å². The van der Waals surface area contributed by atoms with Crippen molar-refractivity contribution in [1.29, 1.82) is 0 Å². The molecule has 1 atom stereocenters. The molecule has 22 heavy (non-hydrogen) atoms. The molecule has 0 radical (unpaired) electrons. The Balaban J connectivity index is 2.20. The summed E-state index contributed by atoms with van der Waals surface area (Å²) in [5.41, 5.74) is 0.130. The van der Waals surface area contributed by atoms with Gasteiger partial charge in [-0.15, -0.1) is 0 Å². The highest BCUT2D eigenvalue weighted by Gasteiger charge is 2.18. The minimum Gasteiger partial charge on any atom is -0.338 e. The van der Waals surface area contributed by atoms with Crippen LogP contribution in [0.3, 0.4) is 0 Å². The average Bonchev–Trinajstić information content (AvgIpc) is 2.53. The van der Waals surface area contributed by atoms with E-state index in [9.17, 15) is 9.59 Å². The van der Waals surface area contributed by atoms with Crippen LogP contribution in [0, 0.1) is 0 Å². The van der Waals surface area contributed by atoms with Crippen LogP contribution in [-0.2, 0) is 0 Å². The highest BCUT2D eigenvalue weighted by Crippen LogP contribution is 2.14. The molecule has 0 aliphatic heterocycles. The van der Waals surface area contributed by atoms with Gasteiger partial charge in [-0.25, -0.2) is 0 Å². The molecule has 1 amide bonds. The molecule has 0 saturated carbocycles. The molecule has 0 aliphatic carbocycles. The van der Waals surface area contributed by atoms with Crippen molar-refractivity contribution in [2.75, 3.05) is 18.6 Å². The van der Waals surface area contributed by atoms with Crippen LogP contribution in [0.1, 0.15) is 30.8 Å². The number of nitrogens with zero attached hydrogens (tertiary/aromatic N) is 1. The topological polar surface area (TPSA) is 53.2 Å². The van der Waals surface area contributed by atoms with Gasteiger partial charge in [-0.3, -0.25) is 9.59 Å². The fraction of sp³-hybridized carbons (Fsp3) is 0.412. The lowest BCUT2D eigenvalue weighted by atomic mass is 10.1. The van der Waals surface area contributed by atoms with E-state index in [-0.39, 0.29) is 17.5 Å². The molecule has 2 aromatic rings. The molecule has 118 valence electrons. The van der Waals surface area contributed by atoms with Gasteiger partial charge in [-0.05, 0) is 42.4 Å². The highest BCUT2D eigenvalue weighted by atomic mass is 32.2. The second-order valence-corrected chi connectivity index (χ2v) is 6.74. The zero-order valence-electron chi connectivity index (χ0n) is 13.3. The predicted molar refractivity (Wildman–Crippen MR) is 93.7 cm³/mol. The van der Waals surface area contributed by atoms with Crippen LogP contribution in [0.5, 0.6) is 0 Å². The number of amides is 1. The van der Waals surface area contributed by atoms with Crippen LogP contribution >= 0.6 is 11.8 Å². The number of aromatic amines is 1. The van der Waals surface area contributed by atoms with Crippen LogP contribution in [0.2, 0.25) is 0 Å². The Kier molecular flexibility index (Phi) is 5.66. The fourth-order valence-electron chi connectivity index (χ4n) is 2.31. The number of benzene rings is 1. The number of nitrogens with one attached hydrogen (secondary N) is 1. The molecule has 1 aromatic heterocycles. The molecule has 1 heterocycles. The summed E-state index contributed by atoms with van der Waals surface area (Å²) in [4.78, 5) is 29.0. The Labute approximate surface area is 134 Å². The van der Waals surface area contributed by atoms with E-state index in [1.807, 2.05) is 36.9 Å². The molecule has 0 bridgehead atoms. The van der Waals surface area contributed by atoms with E-state index in [2.05, 4.69) is 11.9 Å². The summed E-state index contributed by atoms with van der Waals surface area (Å²) in [7, 11) is 1.79. The number of pyridine rings is 1. The maximum atomic E-state index is 12.6. The summed E-state index contributed by atoms with van der Waals surface area (Å²) in [6.45, 7) is 4.16. The van der Waals surface area contributed by atoms with Gasteiger partial charge in [-0.2, -0.15) is 11.8 Å². The van der Waals surface area contributed by atoms with Crippen LogP contribution in [0.4, 0.5) is 0 Å². The van der Waals surface area contributed by atoms with Crippen LogP contribution < -0.4 is 5.56 Å². The first-order chi connectivity index (χ1) is 10.5. The highest BCUT2D eigenvalue weighted by molar-refractivity contribution is 7.99. The SMILES string of the molecule is CCSCC[C@H](C)N(C)C(=O)c1cc2ccccc2c(=O)[nH]1. The minimum absolute atomic E-state index is 0.140. The van der Waals surface area contributed by atoms with E-state index in [0.717, 1.165) is 23.3 Å². The predicted octanol–water partition coefficient (Wildman–Crippen LogP) is 3.13. The molecule has 0 unspecified atom stereocenters. The Morgan fingerprint density at radius 1 is 1.36 bits per heavy atom. The van der Waals surface area contributed by atoms with Crippen molar-refractivity contribution in [2.24, 2.45) is 0 Å². The fourth-order valence-corrected chi connectivity index (χ4v) is 3.10. The van der Waals surface area contributed by atoms with Gasteiger partial charge >= 0.3 is 0 Å². The molecule has 1 N–H and O–H groups in total. The lowest BCUT2D eigenvalue weighted by Gasteiger charge is -2.24. The molecule has 5 heteroatoms. The van der Waals surface area contributed by atoms with Crippen LogP contribution in [-0.4, -0.2) is 40.4 Å². The first kappa shape index (κ1) is 16.6. The maximum Gasteiger partial charge on any atom is 0.270 e. The number of fused-ring (bicyclic) bond motifs is 1. The third-order valence-corrected chi connectivity index (χ3v) is 4.78. The van der Waals surface area contributed by atoms with Crippen molar-refractivity contribution >= 4 is 28.4 Å². The molecule has 0 fully saturated rings. The summed E-state index contributed by atoms with van der Waals surface area (Å²) in [6.07, 6.45) is 0.943. The third kappa shape index (κ3) is 3.71. The molecule has 4 nitrogen and oxygen atoms in total. The van der Waals surface area contributed by atoms with Gasteiger partial charge in [0.25, 0.3) is 11.5 Å². The summed E-state index contributed by atoms with van der Waals surface area (Å²) in [6, 6.07) is 9.19. The molecule has 0 spiro atoms. The lowest BCUT2D eigenvalue weighted by Crippen LogP contribution is -2.36. The third-order valence-electron chi connectivity index (χ3n) is 3.85. The van der Waals surface area contributed by atoms with Crippen LogP contribution in [0.25, 0.3) is 10.8 Å². The second kappa shape index (κ2) is 7.49. The zero-order chi connectivity index (χ0) is 16.1. The Bertz CT molecular complexity index is 711. The smallest absolute Gasteiger partial charge is 0.270 e. The molecule has 2 rings (SSSR count). The Morgan fingerprint density at radius 2 is 2.09 bits per heavy atom. The summed E-state index contributed by atoms with van der Waals surface area (Å²) < 4.78 is 0. The molecular formula is C17H22N2O2S. The molecule has 0 saturated heterocycles. The van der Waals surface area contributed by atoms with E-state index < -0.39 is 0 Å². The number of hydrogen-bond donors (Lipinski definition) is 1. The summed E-state index contributed by atoms with van der Waals surface area (Å²) in [5, 5.41) is 1.39. The van der Waals surface area contributed by atoms with Gasteiger partial charge in [0.1, 0.15) is 5.69 Å². The first-order valence-corrected chi connectivity index (χ1v) is 8.67. The quantitative estimate of drug-likeness (QED) is 0.833. The number of carbonyl (C=O) groups is 1. The Hall–Kier alpha value is -1.75. The summed E-state index contributed by atoms with van der Waals surface area (Å²) in [5.74, 6) is 1.98. The van der Waals surface area contributed by atoms with Crippen molar-refractivity contribution in [3.05, 3.63) is 46.4 Å². The Morgan fingerprint density at radius 3 is 2.82 bits per heavy atom. The number of H-pyrrole nitrogens is 1. The maximum absolute atomic E-state index is 12.6. The number of carbonyl (C=O) groups excluding carboxylic acids is 1. The van der Waals surface area contributed by atoms with Crippen molar-refractivity contribution in [1.82, 2.24) is 9.88 Å². The number of hydrogen-bond acceptors (Lipinski definition) is 3. The largest absolute Gasteiger partial charge is 0.338 e. The number of aromatic nitrogens is 1. The van der Waals surface area contributed by atoms with Gasteiger partial charge < -0.3 is 9.88 Å². The second-order valence-electron chi connectivity index (χ2n) is 5.35. The van der Waals surface area contributed by atoms with Crippen molar-refractivity contribution in [3.63, 3.8) is 0 Å².